The van der Waals surface area contributed by atoms with Gasteiger partial charge in [0.1, 0.15) is 23.2 Å². The van der Waals surface area contributed by atoms with Gasteiger partial charge in [-0.05, 0) is 41.7 Å². The number of hydrogen-bond acceptors (Lipinski definition) is 8. The first-order valence-electron chi connectivity index (χ1n) is 11.0. The summed E-state index contributed by atoms with van der Waals surface area (Å²) in [7, 11) is 1.06. The number of nitrogens with zero attached hydrogens (tertiary/aromatic N) is 1. The number of aromatic nitrogens is 1. The fraction of sp³-hybridized carbons (Fsp3) is 0.250. The van der Waals surface area contributed by atoms with Crippen molar-refractivity contribution in [2.24, 2.45) is 11.7 Å². The van der Waals surface area contributed by atoms with E-state index in [9.17, 15) is 24.4 Å². The lowest BCUT2D eigenvalue weighted by molar-refractivity contribution is -0.120. The van der Waals surface area contributed by atoms with Crippen molar-refractivity contribution in [2.45, 2.75) is 19.9 Å². The van der Waals surface area contributed by atoms with Gasteiger partial charge >= 0.3 is 7.12 Å². The lowest BCUT2D eigenvalue weighted by Gasteiger charge is -2.19. The van der Waals surface area contributed by atoms with Crippen molar-refractivity contribution < 1.29 is 33.9 Å². The number of nitrogens with one attached hydrogen (secondary N) is 2. The molecular weight excluding hydrogens is 467 g/mol. The minimum absolute atomic E-state index is 0.0159. The highest BCUT2D eigenvalue weighted by molar-refractivity contribution is 6.58. The molecule has 0 aliphatic rings. The van der Waals surface area contributed by atoms with Crippen LogP contribution in [-0.4, -0.2) is 60.1 Å². The zero-order valence-corrected chi connectivity index (χ0v) is 20.2. The van der Waals surface area contributed by atoms with Crippen LogP contribution in [0.2, 0.25) is 0 Å². The van der Waals surface area contributed by atoms with Crippen LogP contribution in [0.15, 0.2) is 42.5 Å². The van der Waals surface area contributed by atoms with Crippen LogP contribution in [0.25, 0.3) is 10.9 Å². The van der Waals surface area contributed by atoms with E-state index in [1.807, 2.05) is 0 Å². The van der Waals surface area contributed by atoms with E-state index in [1.54, 1.807) is 32.0 Å². The smallest absolute Gasteiger partial charge is 0.488 e. The van der Waals surface area contributed by atoms with Crippen LogP contribution in [0.3, 0.4) is 0 Å². The number of carbonyl (C=O) groups is 3. The third-order valence-corrected chi connectivity index (χ3v) is 5.46. The summed E-state index contributed by atoms with van der Waals surface area (Å²) in [6.07, 6.45) is 0. The molecule has 3 aromatic rings. The number of rotatable bonds is 9. The molecule has 0 saturated heterocycles. The van der Waals surface area contributed by atoms with Gasteiger partial charge in [0.2, 0.25) is 5.91 Å². The van der Waals surface area contributed by atoms with E-state index >= 15 is 0 Å². The molecule has 3 rings (SSSR count). The van der Waals surface area contributed by atoms with Crippen molar-refractivity contribution in [3.8, 4) is 11.5 Å². The molecule has 1 aromatic heterocycles. The number of nitrogens with two attached hydrogens (primary N) is 1. The van der Waals surface area contributed by atoms with E-state index in [0.29, 0.717) is 22.4 Å². The molecule has 11 nitrogen and oxygen atoms in total. The Hall–Kier alpha value is -4.16. The molecule has 36 heavy (non-hydrogen) atoms. The van der Waals surface area contributed by atoms with Gasteiger partial charge in [0, 0.05) is 28.8 Å². The van der Waals surface area contributed by atoms with Crippen LogP contribution in [0.5, 0.6) is 11.5 Å². The van der Waals surface area contributed by atoms with Gasteiger partial charge in [0.05, 0.1) is 19.7 Å². The van der Waals surface area contributed by atoms with Gasteiger partial charge in [-0.1, -0.05) is 13.8 Å². The minimum Gasteiger partial charge on any atom is -0.497 e. The Bertz CT molecular complexity index is 1310. The second-order valence-electron chi connectivity index (χ2n) is 8.36. The van der Waals surface area contributed by atoms with E-state index in [2.05, 4.69) is 15.6 Å². The molecule has 0 aliphatic carbocycles. The molecule has 188 valence electrons. The topological polar surface area (TPSA) is 173 Å². The minimum atomic E-state index is -1.92. The Kier molecular flexibility index (Phi) is 8.12. The average Bonchev–Trinajstić information content (AvgIpc) is 2.85. The highest BCUT2D eigenvalue weighted by Gasteiger charge is 2.24. The van der Waals surface area contributed by atoms with Gasteiger partial charge in [0.15, 0.2) is 0 Å². The maximum Gasteiger partial charge on any atom is 0.488 e. The Morgan fingerprint density at radius 3 is 2.31 bits per heavy atom. The summed E-state index contributed by atoms with van der Waals surface area (Å²) in [5, 5.41) is 25.2. The van der Waals surface area contributed by atoms with Gasteiger partial charge in [0.25, 0.3) is 11.8 Å². The molecule has 0 radical (unpaired) electrons. The van der Waals surface area contributed by atoms with Crippen molar-refractivity contribution in [1.29, 1.82) is 0 Å². The summed E-state index contributed by atoms with van der Waals surface area (Å²) < 4.78 is 10.6. The molecular formula is C24H27BN4O7. The van der Waals surface area contributed by atoms with Crippen molar-refractivity contribution >= 4 is 46.9 Å². The second kappa shape index (κ2) is 11.1. The number of pyridine rings is 1. The monoisotopic (exact) mass is 494 g/mol. The van der Waals surface area contributed by atoms with Gasteiger partial charge in [-0.25, -0.2) is 4.98 Å². The number of primary amides is 1. The van der Waals surface area contributed by atoms with E-state index in [-0.39, 0.29) is 28.3 Å². The maximum absolute atomic E-state index is 13.1. The van der Waals surface area contributed by atoms with Crippen molar-refractivity contribution in [3.63, 3.8) is 0 Å². The molecule has 2 aromatic carbocycles. The molecule has 0 bridgehead atoms. The first kappa shape index (κ1) is 26.4. The third-order valence-electron chi connectivity index (χ3n) is 5.46. The molecule has 6 N–H and O–H groups in total. The molecule has 12 heteroatoms. The summed E-state index contributed by atoms with van der Waals surface area (Å²) in [5.41, 5.74) is 5.88. The molecule has 1 atom stereocenters. The Balaban J connectivity index is 1.96. The molecule has 0 saturated carbocycles. The van der Waals surface area contributed by atoms with Gasteiger partial charge in [-0.2, -0.15) is 0 Å². The van der Waals surface area contributed by atoms with Crippen molar-refractivity contribution in [2.75, 3.05) is 19.5 Å². The quantitative estimate of drug-likeness (QED) is 0.266. The lowest BCUT2D eigenvalue weighted by atomic mass is 9.79. The summed E-state index contributed by atoms with van der Waals surface area (Å²) in [5.74, 6) is -1.33. The fourth-order valence-corrected chi connectivity index (χ4v) is 3.58. The van der Waals surface area contributed by atoms with Crippen molar-refractivity contribution in [1.82, 2.24) is 10.3 Å². The number of carbonyl (C=O) groups excluding carboxylic acids is 3. The normalized spacial score (nSPS) is 11.6. The van der Waals surface area contributed by atoms with E-state index in [1.165, 1.54) is 38.5 Å². The van der Waals surface area contributed by atoms with Crippen LogP contribution in [0, 0.1) is 5.92 Å². The standard InChI is InChI=1S/C24H27BN4O7/c1-12(2)21(22(26)30)29-23(31)13-7-14(25(33)34)9-15(8-13)27-24(32)19-11-20(36-4)17-6-5-16(35-3)10-18(17)28-19/h5-12,21,33-34H,1-4H3,(H2,26,30)(H,27,32)(H,29,31)/t21-/m0/s1. The summed E-state index contributed by atoms with van der Waals surface area (Å²) in [4.78, 5) is 41.9. The number of anilines is 1. The van der Waals surface area contributed by atoms with Crippen LogP contribution in [0.1, 0.15) is 34.7 Å². The highest BCUT2D eigenvalue weighted by Crippen LogP contribution is 2.28. The molecule has 3 amide bonds. The Morgan fingerprint density at radius 2 is 1.72 bits per heavy atom. The van der Waals surface area contributed by atoms with Gasteiger partial charge in [-0.15, -0.1) is 0 Å². The van der Waals surface area contributed by atoms with E-state index < -0.39 is 30.9 Å². The number of hydrogen-bond donors (Lipinski definition) is 5. The van der Waals surface area contributed by atoms with E-state index in [0.717, 1.165) is 0 Å². The molecule has 0 fully saturated rings. The molecule has 0 spiro atoms. The Labute approximate surface area is 207 Å². The van der Waals surface area contributed by atoms with Crippen LogP contribution in [-0.2, 0) is 4.79 Å². The van der Waals surface area contributed by atoms with Crippen LogP contribution < -0.4 is 31.3 Å². The number of fused-ring (bicyclic) bond motifs is 1. The van der Waals surface area contributed by atoms with Crippen LogP contribution >= 0.6 is 0 Å². The largest absolute Gasteiger partial charge is 0.497 e. The molecule has 0 unspecified atom stereocenters. The van der Waals surface area contributed by atoms with Gasteiger partial charge < -0.3 is 35.9 Å². The molecule has 1 heterocycles. The first-order chi connectivity index (χ1) is 17.0. The number of benzene rings is 2. The predicted molar refractivity (Wildman–Crippen MR) is 134 cm³/mol. The second-order valence-corrected chi connectivity index (χ2v) is 8.36. The predicted octanol–water partition coefficient (Wildman–Crippen LogP) is 0.424. The fourth-order valence-electron chi connectivity index (χ4n) is 3.58. The summed E-state index contributed by atoms with van der Waals surface area (Å²) >= 11 is 0. The zero-order chi connectivity index (χ0) is 26.6. The summed E-state index contributed by atoms with van der Waals surface area (Å²) in [6.45, 7) is 3.44. The lowest BCUT2D eigenvalue weighted by Crippen LogP contribution is -2.48. The van der Waals surface area contributed by atoms with Gasteiger partial charge in [-0.3, -0.25) is 14.4 Å². The van der Waals surface area contributed by atoms with Crippen LogP contribution in [0.4, 0.5) is 5.69 Å². The van der Waals surface area contributed by atoms with Crippen molar-refractivity contribution in [3.05, 3.63) is 53.7 Å². The maximum atomic E-state index is 13.1. The number of ether oxygens (including phenoxy) is 2. The molecule has 0 aliphatic heterocycles. The number of methoxy groups -OCH3 is 2. The summed E-state index contributed by atoms with van der Waals surface area (Å²) in [6, 6.07) is 9.55. The first-order valence-corrected chi connectivity index (χ1v) is 11.0. The highest BCUT2D eigenvalue weighted by atomic mass is 16.5. The average molecular weight is 494 g/mol. The Morgan fingerprint density at radius 1 is 1.00 bits per heavy atom. The third kappa shape index (κ3) is 5.91. The van der Waals surface area contributed by atoms with E-state index in [4.69, 9.17) is 15.2 Å². The zero-order valence-electron chi connectivity index (χ0n) is 20.2. The number of amides is 3. The SMILES string of the molecule is COc1ccc2c(OC)cc(C(=O)Nc3cc(B(O)O)cc(C(=O)N[C@H](C(N)=O)C(C)C)c3)nc2c1.